The summed E-state index contributed by atoms with van der Waals surface area (Å²) < 4.78 is 0. The Balaban J connectivity index is 1.62. The summed E-state index contributed by atoms with van der Waals surface area (Å²) in [7, 11) is 0. The molecule has 2 heterocycles. The van der Waals surface area contributed by atoms with Crippen molar-refractivity contribution in [3.05, 3.63) is 65.2 Å². The van der Waals surface area contributed by atoms with Crippen molar-refractivity contribution in [3.63, 3.8) is 0 Å². The van der Waals surface area contributed by atoms with Crippen molar-refractivity contribution < 1.29 is 9.59 Å². The molecule has 2 aliphatic heterocycles. The minimum atomic E-state index is -0.238. The molecule has 0 saturated carbocycles. The van der Waals surface area contributed by atoms with Crippen LogP contribution in [0, 0.1) is 0 Å². The number of nitrogens with zero attached hydrogens (tertiary/aromatic N) is 1. The lowest BCUT2D eigenvalue weighted by Gasteiger charge is -2.23. The molecule has 0 radical (unpaired) electrons. The fourth-order valence-electron chi connectivity index (χ4n) is 3.46. The molecule has 1 unspecified atom stereocenters. The molecule has 116 valence electrons. The number of anilines is 1. The van der Waals surface area contributed by atoms with Gasteiger partial charge in [-0.25, -0.2) is 4.90 Å². The van der Waals surface area contributed by atoms with Crippen LogP contribution in [0.15, 0.2) is 48.5 Å². The van der Waals surface area contributed by atoms with E-state index in [0.717, 1.165) is 13.1 Å². The quantitative estimate of drug-likeness (QED) is 0.868. The molecule has 1 N–H and O–H groups in total. The van der Waals surface area contributed by atoms with Gasteiger partial charge in [0.05, 0.1) is 16.8 Å². The van der Waals surface area contributed by atoms with Crippen LogP contribution >= 0.6 is 0 Å². The lowest BCUT2D eigenvalue weighted by Crippen LogP contribution is -2.30. The van der Waals surface area contributed by atoms with E-state index in [1.165, 1.54) is 23.3 Å². The zero-order chi connectivity index (χ0) is 15.8. The highest BCUT2D eigenvalue weighted by atomic mass is 16.2. The van der Waals surface area contributed by atoms with Crippen LogP contribution < -0.4 is 10.2 Å². The van der Waals surface area contributed by atoms with E-state index in [4.69, 9.17) is 0 Å². The number of hydrogen-bond acceptors (Lipinski definition) is 3. The van der Waals surface area contributed by atoms with Crippen LogP contribution in [0.4, 0.5) is 5.69 Å². The maximum Gasteiger partial charge on any atom is 0.266 e. The molecule has 4 rings (SSSR count). The van der Waals surface area contributed by atoms with Crippen molar-refractivity contribution in [1.82, 2.24) is 5.32 Å². The van der Waals surface area contributed by atoms with Gasteiger partial charge >= 0.3 is 0 Å². The number of imide groups is 1. The molecule has 0 spiro atoms. The Bertz CT molecular complexity index is 726. The molecule has 0 bridgehead atoms. The van der Waals surface area contributed by atoms with Gasteiger partial charge in [0.2, 0.25) is 0 Å². The minimum Gasteiger partial charge on any atom is -0.316 e. The van der Waals surface area contributed by atoms with Crippen molar-refractivity contribution in [3.8, 4) is 0 Å². The first-order valence-corrected chi connectivity index (χ1v) is 8.04. The second-order valence-electron chi connectivity index (χ2n) is 6.13. The van der Waals surface area contributed by atoms with Crippen molar-refractivity contribution in [2.24, 2.45) is 0 Å². The second kappa shape index (κ2) is 5.63. The Morgan fingerprint density at radius 1 is 0.913 bits per heavy atom. The Morgan fingerprint density at radius 3 is 2.13 bits per heavy atom. The number of amides is 2. The van der Waals surface area contributed by atoms with Gasteiger partial charge in [-0.2, -0.15) is 0 Å². The van der Waals surface area contributed by atoms with Gasteiger partial charge < -0.3 is 5.32 Å². The van der Waals surface area contributed by atoms with Gasteiger partial charge in [0.1, 0.15) is 0 Å². The number of hydrogen-bond donors (Lipinski definition) is 1. The highest BCUT2D eigenvalue weighted by Gasteiger charge is 2.36. The Morgan fingerprint density at radius 2 is 1.57 bits per heavy atom. The molecule has 0 aromatic heterocycles. The molecule has 1 atom stereocenters. The predicted molar refractivity (Wildman–Crippen MR) is 88.9 cm³/mol. The van der Waals surface area contributed by atoms with Gasteiger partial charge in [-0.3, -0.25) is 9.59 Å². The first-order valence-electron chi connectivity index (χ1n) is 8.04. The molecule has 4 nitrogen and oxygen atoms in total. The summed E-state index contributed by atoms with van der Waals surface area (Å²) >= 11 is 0. The summed E-state index contributed by atoms with van der Waals surface area (Å²) in [5.41, 5.74) is 2.87. The number of carbonyl (C=O) groups is 2. The fraction of sp³-hybridized carbons (Fsp3) is 0.263. The summed E-state index contributed by atoms with van der Waals surface area (Å²) in [5.74, 6) is 0.0374. The summed E-state index contributed by atoms with van der Waals surface area (Å²) in [5, 5.41) is 3.41. The zero-order valence-corrected chi connectivity index (χ0v) is 12.8. The molecule has 2 aromatic carbocycles. The molecular weight excluding hydrogens is 288 g/mol. The van der Waals surface area contributed by atoms with Gasteiger partial charge in [-0.15, -0.1) is 0 Å². The third kappa shape index (κ3) is 2.35. The highest BCUT2D eigenvalue weighted by molar-refractivity contribution is 6.34. The lowest BCUT2D eigenvalue weighted by molar-refractivity contribution is 0.0926. The van der Waals surface area contributed by atoms with Crippen LogP contribution in [-0.4, -0.2) is 24.9 Å². The molecular formula is C19H18N2O2. The zero-order valence-electron chi connectivity index (χ0n) is 12.8. The average molecular weight is 306 g/mol. The molecule has 2 amide bonds. The topological polar surface area (TPSA) is 49.4 Å². The van der Waals surface area contributed by atoms with E-state index in [2.05, 4.69) is 5.32 Å². The van der Waals surface area contributed by atoms with Crippen molar-refractivity contribution in [1.29, 1.82) is 0 Å². The maximum atomic E-state index is 12.5. The fourth-order valence-corrected chi connectivity index (χ4v) is 3.46. The minimum absolute atomic E-state index is 0.238. The van der Waals surface area contributed by atoms with Crippen LogP contribution in [0.3, 0.4) is 0 Å². The lowest BCUT2D eigenvalue weighted by atomic mass is 9.91. The first-order chi connectivity index (χ1) is 11.3. The second-order valence-corrected chi connectivity index (χ2v) is 6.13. The monoisotopic (exact) mass is 306 g/mol. The highest BCUT2D eigenvalue weighted by Crippen LogP contribution is 2.30. The number of fused-ring (bicyclic) bond motifs is 1. The van der Waals surface area contributed by atoms with Gasteiger partial charge in [0, 0.05) is 6.54 Å². The number of piperidine rings is 1. The molecule has 23 heavy (non-hydrogen) atoms. The van der Waals surface area contributed by atoms with E-state index >= 15 is 0 Å². The molecule has 0 aliphatic carbocycles. The van der Waals surface area contributed by atoms with Gasteiger partial charge in [-0.1, -0.05) is 24.3 Å². The smallest absolute Gasteiger partial charge is 0.266 e. The summed E-state index contributed by atoms with van der Waals surface area (Å²) in [4.78, 5) is 26.2. The van der Waals surface area contributed by atoms with E-state index < -0.39 is 0 Å². The summed E-state index contributed by atoms with van der Waals surface area (Å²) in [6, 6.07) is 14.8. The van der Waals surface area contributed by atoms with Crippen molar-refractivity contribution >= 4 is 17.5 Å². The van der Waals surface area contributed by atoms with Crippen LogP contribution in [0.2, 0.25) is 0 Å². The van der Waals surface area contributed by atoms with E-state index in [-0.39, 0.29) is 11.8 Å². The average Bonchev–Trinajstić information content (AvgIpc) is 2.87. The third-order valence-electron chi connectivity index (χ3n) is 4.71. The van der Waals surface area contributed by atoms with Crippen LogP contribution in [-0.2, 0) is 0 Å². The largest absolute Gasteiger partial charge is 0.316 e. The van der Waals surface area contributed by atoms with E-state index in [1.54, 1.807) is 24.3 Å². The standard InChI is InChI=1S/C19H18N2O2/c22-18-16-5-1-2-6-17(16)19(23)21(18)15-9-7-13(8-10-15)14-4-3-11-20-12-14/h1-2,5-10,14,20H,3-4,11-12H2. The van der Waals surface area contributed by atoms with Gasteiger partial charge in [0.25, 0.3) is 11.8 Å². The predicted octanol–water partition coefficient (Wildman–Crippen LogP) is 2.95. The number of rotatable bonds is 2. The number of carbonyl (C=O) groups excluding carboxylic acids is 2. The van der Waals surface area contributed by atoms with Crippen LogP contribution in [0.5, 0.6) is 0 Å². The van der Waals surface area contributed by atoms with Crippen LogP contribution in [0.1, 0.15) is 45.0 Å². The molecule has 2 aliphatic rings. The maximum absolute atomic E-state index is 12.5. The Labute approximate surface area is 135 Å². The molecule has 1 fully saturated rings. The van der Waals surface area contributed by atoms with E-state index in [0.29, 0.717) is 22.7 Å². The normalized spacial score (nSPS) is 20.7. The molecule has 2 aromatic rings. The Kier molecular flexibility index (Phi) is 3.46. The molecule has 4 heteroatoms. The Hall–Kier alpha value is -2.46. The summed E-state index contributed by atoms with van der Waals surface area (Å²) in [6.45, 7) is 2.08. The number of benzene rings is 2. The summed E-state index contributed by atoms with van der Waals surface area (Å²) in [6.07, 6.45) is 2.37. The van der Waals surface area contributed by atoms with E-state index in [9.17, 15) is 9.59 Å². The van der Waals surface area contributed by atoms with Gasteiger partial charge in [-0.05, 0) is 55.1 Å². The van der Waals surface area contributed by atoms with Gasteiger partial charge in [0.15, 0.2) is 0 Å². The molecule has 1 saturated heterocycles. The van der Waals surface area contributed by atoms with Crippen molar-refractivity contribution in [2.45, 2.75) is 18.8 Å². The van der Waals surface area contributed by atoms with Crippen molar-refractivity contribution in [2.75, 3.05) is 18.0 Å². The van der Waals surface area contributed by atoms with E-state index in [1.807, 2.05) is 24.3 Å². The van der Waals surface area contributed by atoms with Crippen LogP contribution in [0.25, 0.3) is 0 Å². The first kappa shape index (κ1) is 14.2. The number of nitrogens with one attached hydrogen (secondary N) is 1. The third-order valence-corrected chi connectivity index (χ3v) is 4.71. The SMILES string of the molecule is O=C1c2ccccc2C(=O)N1c1ccc(C2CCCNC2)cc1.